The maximum atomic E-state index is 14.0. The first-order valence-electron chi connectivity index (χ1n) is 10.9. The highest BCUT2D eigenvalue weighted by Gasteiger charge is 2.23. The van der Waals surface area contributed by atoms with Crippen molar-refractivity contribution in [1.82, 2.24) is 14.7 Å². The first kappa shape index (κ1) is 20.5. The number of nitrogens with zero attached hydrogens (tertiary/aromatic N) is 2. The Labute approximate surface area is 176 Å². The van der Waals surface area contributed by atoms with Crippen molar-refractivity contribution in [2.45, 2.75) is 38.5 Å². The highest BCUT2D eigenvalue weighted by molar-refractivity contribution is 5.77. The van der Waals surface area contributed by atoms with Crippen LogP contribution in [0.25, 0.3) is 5.65 Å². The third-order valence-corrected chi connectivity index (χ3v) is 6.06. The molecule has 5 nitrogen and oxygen atoms in total. The van der Waals surface area contributed by atoms with Crippen LogP contribution in [0.5, 0.6) is 0 Å². The van der Waals surface area contributed by atoms with Crippen molar-refractivity contribution in [1.29, 1.82) is 0 Å². The summed E-state index contributed by atoms with van der Waals surface area (Å²) in [5.74, 6) is -0.570. The molecule has 0 spiro atoms. The first-order chi connectivity index (χ1) is 14.6. The number of aryl methyl sites for hydroxylation is 1. The zero-order valence-corrected chi connectivity index (χ0v) is 17.5. The lowest BCUT2D eigenvalue weighted by molar-refractivity contribution is -0.903. The Kier molecular flexibility index (Phi) is 6.43. The topological polar surface area (TPSA) is 50.8 Å². The van der Waals surface area contributed by atoms with Gasteiger partial charge in [0.1, 0.15) is 11.5 Å². The number of piperidine rings is 1. The van der Waals surface area contributed by atoms with Crippen LogP contribution in [0.2, 0.25) is 0 Å². The normalized spacial score (nSPS) is 15.9. The van der Waals surface area contributed by atoms with Crippen LogP contribution in [-0.4, -0.2) is 41.5 Å². The van der Waals surface area contributed by atoms with E-state index >= 15 is 0 Å². The van der Waals surface area contributed by atoms with Gasteiger partial charge < -0.3 is 14.6 Å². The predicted molar refractivity (Wildman–Crippen MR) is 115 cm³/mol. The number of imidazole rings is 1. The molecule has 3 aromatic rings. The summed E-state index contributed by atoms with van der Waals surface area (Å²) in [5, 5.41) is 3.08. The standard InChI is InChI=1S/C24H29FN4O/c1-18-8-12-29-22(17-27-23(29)14-18)21(19-6-5-7-20(25)15-19)16-24(30)26-9-13-28-10-3-2-4-11-28/h5-8,12,14-15,17,21H,2-4,9-11,13,16H2,1H3,(H,26,30)/p+1/t21-/m0/s1. The lowest BCUT2D eigenvalue weighted by Crippen LogP contribution is -3.13. The summed E-state index contributed by atoms with van der Waals surface area (Å²) >= 11 is 0. The molecule has 4 rings (SSSR count). The van der Waals surface area contributed by atoms with Gasteiger partial charge in [-0.05, 0) is 61.6 Å². The number of nitrogens with one attached hydrogen (secondary N) is 2. The lowest BCUT2D eigenvalue weighted by Gasteiger charge is -2.23. The fourth-order valence-electron chi connectivity index (χ4n) is 4.41. The van der Waals surface area contributed by atoms with Crippen LogP contribution in [0.3, 0.4) is 0 Å². The third kappa shape index (κ3) is 4.87. The van der Waals surface area contributed by atoms with Crippen molar-refractivity contribution in [3.8, 4) is 0 Å². The van der Waals surface area contributed by atoms with Gasteiger partial charge in [0, 0.05) is 24.7 Å². The fourth-order valence-corrected chi connectivity index (χ4v) is 4.41. The van der Waals surface area contributed by atoms with Gasteiger partial charge in [0.2, 0.25) is 5.91 Å². The van der Waals surface area contributed by atoms with E-state index in [1.807, 2.05) is 35.7 Å². The smallest absolute Gasteiger partial charge is 0.221 e. The molecule has 0 unspecified atom stereocenters. The number of halogens is 1. The van der Waals surface area contributed by atoms with Crippen LogP contribution in [-0.2, 0) is 4.79 Å². The predicted octanol–water partition coefficient (Wildman–Crippen LogP) is 2.49. The van der Waals surface area contributed by atoms with Gasteiger partial charge in [-0.1, -0.05) is 12.1 Å². The van der Waals surface area contributed by atoms with Crippen molar-refractivity contribution in [3.63, 3.8) is 0 Å². The summed E-state index contributed by atoms with van der Waals surface area (Å²) in [7, 11) is 0. The van der Waals surface area contributed by atoms with Crippen LogP contribution < -0.4 is 10.2 Å². The molecule has 0 bridgehead atoms. The Morgan fingerprint density at radius 1 is 1.23 bits per heavy atom. The van der Waals surface area contributed by atoms with Crippen LogP contribution in [0, 0.1) is 12.7 Å². The minimum absolute atomic E-state index is 0.0114. The first-order valence-corrected chi connectivity index (χ1v) is 10.9. The number of carbonyl (C=O) groups excluding carboxylic acids is 1. The van der Waals surface area contributed by atoms with Gasteiger partial charge in [0.05, 0.1) is 31.9 Å². The van der Waals surface area contributed by atoms with Crippen molar-refractivity contribution >= 4 is 11.6 Å². The number of aromatic nitrogens is 2. The van der Waals surface area contributed by atoms with Gasteiger partial charge in [0.25, 0.3) is 0 Å². The van der Waals surface area contributed by atoms with E-state index in [9.17, 15) is 9.18 Å². The van der Waals surface area contributed by atoms with Crippen LogP contribution in [0.1, 0.15) is 48.4 Å². The lowest BCUT2D eigenvalue weighted by atomic mass is 9.92. The van der Waals surface area contributed by atoms with E-state index in [1.165, 1.54) is 44.5 Å². The number of fused-ring (bicyclic) bond motifs is 1. The molecule has 2 aromatic heterocycles. The van der Waals surface area contributed by atoms with E-state index in [-0.39, 0.29) is 24.1 Å². The molecule has 0 radical (unpaired) electrons. The summed E-state index contributed by atoms with van der Waals surface area (Å²) in [6.07, 6.45) is 7.91. The van der Waals surface area contributed by atoms with Crippen molar-refractivity contribution in [2.24, 2.45) is 0 Å². The van der Waals surface area contributed by atoms with E-state index in [0.29, 0.717) is 6.54 Å². The maximum Gasteiger partial charge on any atom is 0.221 e. The summed E-state index contributed by atoms with van der Waals surface area (Å²) in [5.41, 5.74) is 3.64. The van der Waals surface area contributed by atoms with Crippen LogP contribution in [0.4, 0.5) is 4.39 Å². The third-order valence-electron chi connectivity index (χ3n) is 6.06. The van der Waals surface area contributed by atoms with Gasteiger partial charge in [0.15, 0.2) is 0 Å². The van der Waals surface area contributed by atoms with Gasteiger partial charge in [-0.15, -0.1) is 0 Å². The van der Waals surface area contributed by atoms with E-state index in [0.717, 1.165) is 29.0 Å². The van der Waals surface area contributed by atoms with Crippen molar-refractivity contribution < 1.29 is 14.1 Å². The number of rotatable bonds is 7. The maximum absolute atomic E-state index is 14.0. The van der Waals surface area contributed by atoms with Gasteiger partial charge in [-0.2, -0.15) is 0 Å². The SMILES string of the molecule is Cc1ccn2c([C@@H](CC(=O)NCC[NH+]3CCCCC3)c3cccc(F)c3)cnc2c1. The second-order valence-electron chi connectivity index (χ2n) is 8.34. The van der Waals surface area contributed by atoms with E-state index in [4.69, 9.17) is 0 Å². The zero-order chi connectivity index (χ0) is 20.9. The van der Waals surface area contributed by atoms with Gasteiger partial charge in [-0.3, -0.25) is 4.79 Å². The van der Waals surface area contributed by atoms with Gasteiger partial charge >= 0.3 is 0 Å². The Morgan fingerprint density at radius 3 is 2.87 bits per heavy atom. The Balaban J connectivity index is 1.51. The molecular formula is C24H30FN4O+. The molecule has 1 fully saturated rings. The minimum atomic E-state index is -0.295. The molecule has 1 atom stereocenters. The molecule has 30 heavy (non-hydrogen) atoms. The van der Waals surface area contributed by atoms with Crippen LogP contribution >= 0.6 is 0 Å². The van der Waals surface area contributed by atoms with E-state index < -0.39 is 0 Å². The van der Waals surface area contributed by atoms with Crippen molar-refractivity contribution in [3.05, 3.63) is 71.4 Å². The van der Waals surface area contributed by atoms with Gasteiger partial charge in [-0.25, -0.2) is 9.37 Å². The quantitative estimate of drug-likeness (QED) is 0.630. The molecule has 1 aliphatic heterocycles. The zero-order valence-electron chi connectivity index (χ0n) is 17.5. The summed E-state index contributed by atoms with van der Waals surface area (Å²) in [6, 6.07) is 10.5. The van der Waals surface area contributed by atoms with Crippen molar-refractivity contribution in [2.75, 3.05) is 26.2 Å². The number of benzene rings is 1. The molecule has 0 aliphatic carbocycles. The Morgan fingerprint density at radius 2 is 2.07 bits per heavy atom. The number of likely N-dealkylation sites (tertiary alicyclic amines) is 1. The monoisotopic (exact) mass is 409 g/mol. The molecule has 1 aromatic carbocycles. The highest BCUT2D eigenvalue weighted by atomic mass is 19.1. The van der Waals surface area contributed by atoms with Crippen LogP contribution in [0.15, 0.2) is 48.8 Å². The molecule has 2 N–H and O–H groups in total. The highest BCUT2D eigenvalue weighted by Crippen LogP contribution is 2.29. The van der Waals surface area contributed by atoms with E-state index in [1.54, 1.807) is 17.2 Å². The number of carbonyl (C=O) groups is 1. The molecule has 1 amide bonds. The summed E-state index contributed by atoms with van der Waals surface area (Å²) in [6.45, 7) is 6.06. The molecule has 3 heterocycles. The second-order valence-corrected chi connectivity index (χ2v) is 8.34. The Hall–Kier alpha value is -2.73. The second kappa shape index (κ2) is 9.39. The molecule has 1 aliphatic rings. The Bertz CT molecular complexity index is 1010. The number of amides is 1. The minimum Gasteiger partial charge on any atom is -0.350 e. The number of hydrogen-bond donors (Lipinski definition) is 2. The average Bonchev–Trinajstić information content (AvgIpc) is 3.15. The number of quaternary nitrogens is 1. The van der Waals surface area contributed by atoms with E-state index in [2.05, 4.69) is 10.3 Å². The average molecular weight is 410 g/mol. The summed E-state index contributed by atoms with van der Waals surface area (Å²) in [4.78, 5) is 18.9. The molecule has 0 saturated carbocycles. The number of hydrogen-bond acceptors (Lipinski definition) is 2. The molecular weight excluding hydrogens is 379 g/mol. The largest absolute Gasteiger partial charge is 0.350 e. The molecule has 6 heteroatoms. The fraction of sp³-hybridized carbons (Fsp3) is 0.417. The molecule has 1 saturated heterocycles. The number of pyridine rings is 1. The molecule has 158 valence electrons. The summed E-state index contributed by atoms with van der Waals surface area (Å²) < 4.78 is 15.9.